The summed E-state index contributed by atoms with van der Waals surface area (Å²) in [4.78, 5) is 14.1. The van der Waals surface area contributed by atoms with Crippen LogP contribution >= 0.6 is 0 Å². The van der Waals surface area contributed by atoms with Crippen molar-refractivity contribution >= 4 is 5.91 Å². The van der Waals surface area contributed by atoms with E-state index in [9.17, 15) is 4.79 Å². The summed E-state index contributed by atoms with van der Waals surface area (Å²) >= 11 is 0. The molecule has 1 unspecified atom stereocenters. The van der Waals surface area contributed by atoms with Gasteiger partial charge in [0.15, 0.2) is 0 Å². The maximum Gasteiger partial charge on any atom is 0.222 e. The number of nitrogens with one attached hydrogen (secondary N) is 1. The Kier molecular flexibility index (Phi) is 4.80. The van der Waals surface area contributed by atoms with Gasteiger partial charge in [-0.2, -0.15) is 0 Å². The molecule has 2 aliphatic heterocycles. The van der Waals surface area contributed by atoms with Crippen LogP contribution < -0.4 is 5.32 Å². The Hall–Kier alpha value is -0.610. The Morgan fingerprint density at radius 2 is 2.06 bits per heavy atom. The van der Waals surface area contributed by atoms with Gasteiger partial charge in [0.2, 0.25) is 5.91 Å². The minimum Gasteiger partial charge on any atom is -0.384 e. The molecule has 98 valence electrons. The Bertz CT molecular complexity index is 244. The maximum absolute atomic E-state index is 12.1. The Labute approximate surface area is 104 Å². The lowest BCUT2D eigenvalue weighted by Gasteiger charge is -2.32. The molecular formula is C13H24N2O2. The van der Waals surface area contributed by atoms with E-state index in [1.165, 1.54) is 0 Å². The van der Waals surface area contributed by atoms with Gasteiger partial charge in [-0.3, -0.25) is 4.79 Å². The van der Waals surface area contributed by atoms with Crippen LogP contribution in [0.1, 0.15) is 25.7 Å². The van der Waals surface area contributed by atoms with Gasteiger partial charge >= 0.3 is 0 Å². The van der Waals surface area contributed by atoms with Crippen LogP contribution in [0.4, 0.5) is 0 Å². The van der Waals surface area contributed by atoms with Crippen LogP contribution in [0.3, 0.4) is 0 Å². The van der Waals surface area contributed by atoms with E-state index in [1.54, 1.807) is 7.11 Å². The molecule has 2 rings (SSSR count). The zero-order valence-electron chi connectivity index (χ0n) is 10.8. The van der Waals surface area contributed by atoms with E-state index in [2.05, 4.69) is 5.32 Å². The first-order valence-corrected chi connectivity index (χ1v) is 6.77. The van der Waals surface area contributed by atoms with Crippen molar-refractivity contribution in [3.8, 4) is 0 Å². The number of amides is 1. The number of carbonyl (C=O) groups is 1. The van der Waals surface area contributed by atoms with Gasteiger partial charge in [-0.1, -0.05) is 0 Å². The second-order valence-electron chi connectivity index (χ2n) is 5.34. The maximum atomic E-state index is 12.1. The summed E-state index contributed by atoms with van der Waals surface area (Å²) in [6, 6.07) is 0. The molecule has 0 saturated carbocycles. The molecule has 1 N–H and O–H groups in total. The molecule has 0 aromatic rings. The van der Waals surface area contributed by atoms with Crippen molar-refractivity contribution in [3.05, 3.63) is 0 Å². The van der Waals surface area contributed by atoms with E-state index in [-0.39, 0.29) is 0 Å². The highest BCUT2D eigenvalue weighted by Crippen LogP contribution is 2.20. The Morgan fingerprint density at radius 1 is 1.29 bits per heavy atom. The topological polar surface area (TPSA) is 41.6 Å². The van der Waals surface area contributed by atoms with Gasteiger partial charge in [-0.15, -0.1) is 0 Å². The lowest BCUT2D eigenvalue weighted by atomic mass is 9.96. The molecule has 2 saturated heterocycles. The van der Waals surface area contributed by atoms with Crippen LogP contribution in [0.25, 0.3) is 0 Å². The number of rotatable bonds is 4. The molecule has 2 aliphatic rings. The van der Waals surface area contributed by atoms with Crippen LogP contribution in [-0.4, -0.2) is 50.7 Å². The first kappa shape index (κ1) is 12.8. The number of nitrogens with zero attached hydrogens (tertiary/aromatic N) is 1. The van der Waals surface area contributed by atoms with Gasteiger partial charge < -0.3 is 15.0 Å². The van der Waals surface area contributed by atoms with Crippen molar-refractivity contribution in [2.45, 2.75) is 25.7 Å². The van der Waals surface area contributed by atoms with E-state index in [0.29, 0.717) is 17.7 Å². The summed E-state index contributed by atoms with van der Waals surface area (Å²) in [5, 5.41) is 3.32. The van der Waals surface area contributed by atoms with Crippen molar-refractivity contribution in [2.24, 2.45) is 11.8 Å². The van der Waals surface area contributed by atoms with Gasteiger partial charge in [0.1, 0.15) is 0 Å². The summed E-state index contributed by atoms with van der Waals surface area (Å²) < 4.78 is 5.17. The summed E-state index contributed by atoms with van der Waals surface area (Å²) in [6.07, 6.45) is 4.10. The van der Waals surface area contributed by atoms with Crippen molar-refractivity contribution in [3.63, 3.8) is 0 Å². The number of hydrogen-bond acceptors (Lipinski definition) is 3. The molecule has 4 heteroatoms. The first-order valence-electron chi connectivity index (χ1n) is 6.77. The smallest absolute Gasteiger partial charge is 0.222 e. The second kappa shape index (κ2) is 6.36. The standard InChI is InChI=1S/C13H24N2O2/c1-17-10-11-3-6-15(7-4-11)13(16)8-12-2-5-14-9-12/h11-12,14H,2-10H2,1H3. The predicted octanol–water partition coefficient (Wildman–Crippen LogP) is 0.871. The third-order valence-corrected chi connectivity index (χ3v) is 4.00. The first-order chi connectivity index (χ1) is 8.29. The molecule has 2 heterocycles. The Balaban J connectivity index is 1.70. The molecule has 0 spiro atoms. The van der Waals surface area contributed by atoms with Crippen molar-refractivity contribution in [1.82, 2.24) is 10.2 Å². The molecular weight excluding hydrogens is 216 g/mol. The molecule has 0 aromatic heterocycles. The fourth-order valence-corrected chi connectivity index (χ4v) is 2.85. The van der Waals surface area contributed by atoms with E-state index in [0.717, 1.165) is 58.5 Å². The van der Waals surface area contributed by atoms with Crippen LogP contribution in [0.5, 0.6) is 0 Å². The normalized spacial score (nSPS) is 26.4. The summed E-state index contributed by atoms with van der Waals surface area (Å²) in [5.41, 5.74) is 0. The molecule has 1 amide bonds. The van der Waals surface area contributed by atoms with Gasteiger partial charge in [-0.05, 0) is 44.2 Å². The SMILES string of the molecule is COCC1CCN(C(=O)CC2CCNC2)CC1. The van der Waals surface area contributed by atoms with Crippen LogP contribution in [0.2, 0.25) is 0 Å². The lowest BCUT2D eigenvalue weighted by molar-refractivity contribution is -0.133. The highest BCUT2D eigenvalue weighted by molar-refractivity contribution is 5.76. The molecule has 0 aromatic carbocycles. The third-order valence-electron chi connectivity index (χ3n) is 4.00. The van der Waals surface area contributed by atoms with Crippen molar-refractivity contribution in [1.29, 1.82) is 0 Å². The quantitative estimate of drug-likeness (QED) is 0.793. The minimum absolute atomic E-state index is 0.356. The Morgan fingerprint density at radius 3 is 2.65 bits per heavy atom. The van der Waals surface area contributed by atoms with Crippen LogP contribution in [-0.2, 0) is 9.53 Å². The molecule has 0 aliphatic carbocycles. The van der Waals surface area contributed by atoms with E-state index < -0.39 is 0 Å². The van der Waals surface area contributed by atoms with E-state index >= 15 is 0 Å². The predicted molar refractivity (Wildman–Crippen MR) is 66.8 cm³/mol. The molecule has 4 nitrogen and oxygen atoms in total. The van der Waals surface area contributed by atoms with Crippen LogP contribution in [0, 0.1) is 11.8 Å². The number of hydrogen-bond donors (Lipinski definition) is 1. The minimum atomic E-state index is 0.356. The zero-order chi connectivity index (χ0) is 12.1. The number of likely N-dealkylation sites (tertiary alicyclic amines) is 1. The van der Waals surface area contributed by atoms with Gasteiger partial charge in [0.05, 0.1) is 0 Å². The average molecular weight is 240 g/mol. The second-order valence-corrected chi connectivity index (χ2v) is 5.34. The molecule has 1 atom stereocenters. The summed E-state index contributed by atoms with van der Waals surface area (Å²) in [5.74, 6) is 1.57. The van der Waals surface area contributed by atoms with Crippen molar-refractivity contribution < 1.29 is 9.53 Å². The number of ether oxygens (including phenoxy) is 1. The van der Waals surface area contributed by atoms with Gasteiger partial charge in [0.25, 0.3) is 0 Å². The average Bonchev–Trinajstić information content (AvgIpc) is 2.83. The largest absolute Gasteiger partial charge is 0.384 e. The molecule has 17 heavy (non-hydrogen) atoms. The number of piperidine rings is 1. The van der Waals surface area contributed by atoms with Gasteiger partial charge in [0, 0.05) is 33.2 Å². The summed E-state index contributed by atoms with van der Waals surface area (Å²) in [7, 11) is 1.75. The zero-order valence-corrected chi connectivity index (χ0v) is 10.8. The third kappa shape index (κ3) is 3.68. The molecule has 2 fully saturated rings. The van der Waals surface area contributed by atoms with Crippen molar-refractivity contribution in [2.75, 3.05) is 39.9 Å². The summed E-state index contributed by atoms with van der Waals surface area (Å²) in [6.45, 7) is 4.79. The number of carbonyl (C=O) groups excluding carboxylic acids is 1. The number of methoxy groups -OCH3 is 1. The van der Waals surface area contributed by atoms with E-state index in [4.69, 9.17) is 4.74 Å². The molecule has 0 radical (unpaired) electrons. The fourth-order valence-electron chi connectivity index (χ4n) is 2.85. The molecule has 0 bridgehead atoms. The van der Waals surface area contributed by atoms with E-state index in [1.807, 2.05) is 4.90 Å². The van der Waals surface area contributed by atoms with Gasteiger partial charge in [-0.25, -0.2) is 0 Å². The van der Waals surface area contributed by atoms with Crippen LogP contribution in [0.15, 0.2) is 0 Å². The highest BCUT2D eigenvalue weighted by Gasteiger charge is 2.25. The fraction of sp³-hybridized carbons (Fsp3) is 0.923. The highest BCUT2D eigenvalue weighted by atomic mass is 16.5. The lowest BCUT2D eigenvalue weighted by Crippen LogP contribution is -2.40. The monoisotopic (exact) mass is 240 g/mol.